The molecule has 0 aromatic heterocycles. The molecule has 0 amide bonds. The Labute approximate surface area is 100 Å². The van der Waals surface area contributed by atoms with Gasteiger partial charge in [-0.25, -0.2) is 0 Å². The number of hydrogen-bond acceptors (Lipinski definition) is 2. The van der Waals surface area contributed by atoms with E-state index in [1.165, 1.54) is 0 Å². The van der Waals surface area contributed by atoms with E-state index in [1.807, 2.05) is 19.1 Å². The molecule has 0 saturated carbocycles. The maximum absolute atomic E-state index is 11.2. The molecule has 1 aromatic rings. The number of azide groups is 1. The molecule has 0 N–H and O–H groups in total. The van der Waals surface area contributed by atoms with Gasteiger partial charge in [0.15, 0.2) is 5.78 Å². The van der Waals surface area contributed by atoms with Crippen molar-refractivity contribution in [2.24, 2.45) is 5.11 Å². The van der Waals surface area contributed by atoms with Crippen LogP contribution in [-0.4, -0.2) is 12.3 Å². The van der Waals surface area contributed by atoms with Crippen molar-refractivity contribution < 1.29 is 4.79 Å². The molecule has 0 bridgehead atoms. The molecule has 4 nitrogen and oxygen atoms in total. The first-order chi connectivity index (χ1) is 8.15. The maximum Gasteiger partial charge on any atom is 0.160 e. The van der Waals surface area contributed by atoms with Crippen LogP contribution in [0.2, 0.25) is 0 Å². The van der Waals surface area contributed by atoms with Gasteiger partial charge in [0, 0.05) is 29.0 Å². The molecule has 0 aliphatic heterocycles. The summed E-state index contributed by atoms with van der Waals surface area (Å²) >= 11 is 0. The Morgan fingerprint density at radius 2 is 2.29 bits per heavy atom. The highest BCUT2D eigenvalue weighted by Crippen LogP contribution is 2.11. The smallest absolute Gasteiger partial charge is 0.160 e. The van der Waals surface area contributed by atoms with Gasteiger partial charge in [0.05, 0.1) is 0 Å². The zero-order valence-corrected chi connectivity index (χ0v) is 9.90. The highest BCUT2D eigenvalue weighted by molar-refractivity contribution is 5.95. The van der Waals surface area contributed by atoms with Gasteiger partial charge in [0.1, 0.15) is 0 Å². The molecule has 1 rings (SSSR count). The molecule has 0 saturated heterocycles. The minimum absolute atomic E-state index is 0.0605. The SMILES string of the molecule is CC(=O)c1ccc(C#CCCN=[N+]=[N-])cc1C. The molecular weight excluding hydrogens is 214 g/mol. The van der Waals surface area contributed by atoms with Crippen molar-refractivity contribution in [2.45, 2.75) is 20.3 Å². The zero-order valence-electron chi connectivity index (χ0n) is 9.90. The van der Waals surface area contributed by atoms with Crippen LogP contribution in [0.4, 0.5) is 0 Å². The summed E-state index contributed by atoms with van der Waals surface area (Å²) in [5.41, 5.74) is 10.6. The van der Waals surface area contributed by atoms with E-state index in [0.29, 0.717) is 13.0 Å². The third-order valence-electron chi connectivity index (χ3n) is 2.24. The largest absolute Gasteiger partial charge is 0.295 e. The number of nitrogens with zero attached hydrogens (tertiary/aromatic N) is 3. The maximum atomic E-state index is 11.2. The molecular formula is C13H13N3O. The van der Waals surface area contributed by atoms with Gasteiger partial charge in [-0.05, 0) is 43.1 Å². The third-order valence-corrected chi connectivity index (χ3v) is 2.24. The molecule has 0 aliphatic carbocycles. The number of rotatable bonds is 3. The Balaban J connectivity index is 2.77. The van der Waals surface area contributed by atoms with Crippen LogP contribution in [0, 0.1) is 18.8 Å². The lowest BCUT2D eigenvalue weighted by atomic mass is 10.0. The third kappa shape index (κ3) is 4.02. The van der Waals surface area contributed by atoms with Crippen LogP contribution in [0.3, 0.4) is 0 Å². The second-order valence-electron chi connectivity index (χ2n) is 3.59. The number of hydrogen-bond donors (Lipinski definition) is 0. The second-order valence-corrected chi connectivity index (χ2v) is 3.59. The monoisotopic (exact) mass is 227 g/mol. The van der Waals surface area contributed by atoms with Gasteiger partial charge in [0.25, 0.3) is 0 Å². The lowest BCUT2D eigenvalue weighted by Crippen LogP contribution is -1.95. The Morgan fingerprint density at radius 3 is 2.88 bits per heavy atom. The van der Waals surface area contributed by atoms with Crippen molar-refractivity contribution in [2.75, 3.05) is 6.54 Å². The van der Waals surface area contributed by atoms with Crippen LogP contribution >= 0.6 is 0 Å². The molecule has 0 atom stereocenters. The molecule has 4 heteroatoms. The molecule has 0 fully saturated rings. The Kier molecular flexibility index (Phi) is 4.80. The number of benzene rings is 1. The first-order valence-corrected chi connectivity index (χ1v) is 5.26. The van der Waals surface area contributed by atoms with Crippen LogP contribution < -0.4 is 0 Å². The van der Waals surface area contributed by atoms with Crippen LogP contribution in [0.1, 0.15) is 34.8 Å². The molecule has 0 unspecified atom stereocenters. The summed E-state index contributed by atoms with van der Waals surface area (Å²) in [6, 6.07) is 5.50. The first kappa shape index (κ1) is 12.8. The summed E-state index contributed by atoms with van der Waals surface area (Å²) in [5, 5.41) is 3.39. The first-order valence-electron chi connectivity index (χ1n) is 5.26. The Bertz CT molecular complexity index is 531. The van der Waals surface area contributed by atoms with E-state index in [0.717, 1.165) is 16.7 Å². The predicted molar refractivity (Wildman–Crippen MR) is 66.7 cm³/mol. The van der Waals surface area contributed by atoms with Crippen LogP contribution in [0.25, 0.3) is 10.4 Å². The summed E-state index contributed by atoms with van der Waals surface area (Å²) in [7, 11) is 0. The number of aryl methyl sites for hydroxylation is 1. The highest BCUT2D eigenvalue weighted by atomic mass is 16.1. The lowest BCUT2D eigenvalue weighted by molar-refractivity contribution is 0.101. The molecule has 86 valence electrons. The molecule has 0 spiro atoms. The topological polar surface area (TPSA) is 65.8 Å². The van der Waals surface area contributed by atoms with Crippen LogP contribution in [-0.2, 0) is 0 Å². The van der Waals surface area contributed by atoms with E-state index in [1.54, 1.807) is 13.0 Å². The normalized spacial score (nSPS) is 8.82. The van der Waals surface area contributed by atoms with Crippen LogP contribution in [0.5, 0.6) is 0 Å². The minimum atomic E-state index is 0.0605. The van der Waals surface area contributed by atoms with E-state index < -0.39 is 0 Å². The van der Waals surface area contributed by atoms with Gasteiger partial charge < -0.3 is 0 Å². The zero-order chi connectivity index (χ0) is 12.7. The van der Waals surface area contributed by atoms with Crippen LogP contribution in [0.15, 0.2) is 23.3 Å². The summed E-state index contributed by atoms with van der Waals surface area (Å²) in [4.78, 5) is 13.9. The summed E-state index contributed by atoms with van der Waals surface area (Å²) in [6.45, 7) is 3.82. The van der Waals surface area contributed by atoms with Crippen molar-refractivity contribution >= 4 is 5.78 Å². The lowest BCUT2D eigenvalue weighted by Gasteiger charge is -2.01. The molecule has 1 aromatic carbocycles. The number of Topliss-reactive ketones (excluding diaryl/α,β-unsaturated/α-hetero) is 1. The van der Waals surface area contributed by atoms with Crippen molar-refractivity contribution in [3.05, 3.63) is 45.3 Å². The van der Waals surface area contributed by atoms with Gasteiger partial charge in [0.2, 0.25) is 0 Å². The van der Waals surface area contributed by atoms with E-state index in [4.69, 9.17) is 5.53 Å². The van der Waals surface area contributed by atoms with E-state index in [2.05, 4.69) is 21.9 Å². The second kappa shape index (κ2) is 6.37. The summed E-state index contributed by atoms with van der Waals surface area (Å²) in [6.07, 6.45) is 0.539. The van der Waals surface area contributed by atoms with Gasteiger partial charge in [-0.3, -0.25) is 4.79 Å². The van der Waals surface area contributed by atoms with Crippen molar-refractivity contribution in [1.29, 1.82) is 0 Å². The van der Waals surface area contributed by atoms with E-state index >= 15 is 0 Å². The van der Waals surface area contributed by atoms with Gasteiger partial charge >= 0.3 is 0 Å². The average Bonchev–Trinajstić information content (AvgIpc) is 2.28. The standard InChI is InChI=1S/C13H13N3O/c1-10-9-12(5-3-4-8-15-16-14)6-7-13(10)11(2)17/h6-7,9H,4,8H2,1-2H3. The summed E-state index contributed by atoms with van der Waals surface area (Å²) < 4.78 is 0. The van der Waals surface area contributed by atoms with Gasteiger partial charge in [-0.1, -0.05) is 17.0 Å². The fourth-order valence-electron chi connectivity index (χ4n) is 1.45. The molecule has 0 aliphatic rings. The summed E-state index contributed by atoms with van der Waals surface area (Å²) in [5.74, 6) is 5.94. The Hall–Kier alpha value is -2.24. The van der Waals surface area contributed by atoms with Crippen molar-refractivity contribution in [1.82, 2.24) is 0 Å². The molecule has 17 heavy (non-hydrogen) atoms. The van der Waals surface area contributed by atoms with Gasteiger partial charge in [-0.2, -0.15) is 0 Å². The van der Waals surface area contributed by atoms with Gasteiger partial charge in [-0.15, -0.1) is 0 Å². The predicted octanol–water partition coefficient (Wildman–Crippen LogP) is 3.25. The van der Waals surface area contributed by atoms with Crippen molar-refractivity contribution in [3.8, 4) is 11.8 Å². The molecule has 0 heterocycles. The average molecular weight is 227 g/mol. The minimum Gasteiger partial charge on any atom is -0.295 e. The fraction of sp³-hybridized carbons (Fsp3) is 0.308. The quantitative estimate of drug-likeness (QED) is 0.195. The highest BCUT2D eigenvalue weighted by Gasteiger charge is 2.02. The number of ketones is 1. The molecule has 0 radical (unpaired) electrons. The Morgan fingerprint density at radius 1 is 1.53 bits per heavy atom. The van der Waals surface area contributed by atoms with E-state index in [-0.39, 0.29) is 5.78 Å². The van der Waals surface area contributed by atoms with E-state index in [9.17, 15) is 4.79 Å². The number of carbonyl (C=O) groups excluding carboxylic acids is 1. The number of carbonyl (C=O) groups is 1. The van der Waals surface area contributed by atoms with Crippen molar-refractivity contribution in [3.63, 3.8) is 0 Å². The fourth-order valence-corrected chi connectivity index (χ4v) is 1.45.